The largest absolute Gasteiger partial charge is 0.368 e. The van der Waals surface area contributed by atoms with Crippen molar-refractivity contribution in [2.24, 2.45) is 0 Å². The molecule has 1 aliphatic rings. The SMILES string of the molecule is CCN(CC)CC(=O)N1CCN(c2ccc(-c3ncccn3)cc2)CC1. The number of aromatic nitrogens is 2. The number of carbonyl (C=O) groups excluding carboxylic acids is 1. The molecule has 2 aromatic rings. The number of rotatable bonds is 6. The van der Waals surface area contributed by atoms with Crippen molar-refractivity contribution >= 4 is 11.6 Å². The number of likely N-dealkylation sites (N-methyl/N-ethyl adjacent to an activating group) is 1. The molecule has 0 radical (unpaired) electrons. The van der Waals surface area contributed by atoms with Crippen molar-refractivity contribution in [3.05, 3.63) is 42.7 Å². The zero-order valence-corrected chi connectivity index (χ0v) is 15.6. The Hall–Kier alpha value is -2.47. The summed E-state index contributed by atoms with van der Waals surface area (Å²) in [7, 11) is 0. The van der Waals surface area contributed by atoms with Crippen LogP contribution in [0.25, 0.3) is 11.4 Å². The molecule has 2 heterocycles. The van der Waals surface area contributed by atoms with Gasteiger partial charge in [0.2, 0.25) is 5.91 Å². The van der Waals surface area contributed by atoms with E-state index in [1.807, 2.05) is 11.0 Å². The van der Waals surface area contributed by atoms with Crippen LogP contribution in [0.1, 0.15) is 13.8 Å². The van der Waals surface area contributed by atoms with E-state index >= 15 is 0 Å². The van der Waals surface area contributed by atoms with E-state index in [1.165, 1.54) is 5.69 Å². The van der Waals surface area contributed by atoms with Crippen molar-refractivity contribution in [1.29, 1.82) is 0 Å². The van der Waals surface area contributed by atoms with Crippen LogP contribution in [0.5, 0.6) is 0 Å². The van der Waals surface area contributed by atoms with Gasteiger partial charge in [0, 0.05) is 49.8 Å². The minimum absolute atomic E-state index is 0.241. The predicted octanol–water partition coefficient (Wildman–Crippen LogP) is 2.13. The highest BCUT2D eigenvalue weighted by atomic mass is 16.2. The van der Waals surface area contributed by atoms with Gasteiger partial charge >= 0.3 is 0 Å². The van der Waals surface area contributed by atoms with Crippen LogP contribution in [0.2, 0.25) is 0 Å². The Bertz CT molecular complexity index is 692. The molecular weight excluding hydrogens is 326 g/mol. The highest BCUT2D eigenvalue weighted by Crippen LogP contribution is 2.21. The number of hydrogen-bond donors (Lipinski definition) is 0. The summed E-state index contributed by atoms with van der Waals surface area (Å²) in [5.41, 5.74) is 2.20. The predicted molar refractivity (Wildman–Crippen MR) is 104 cm³/mol. The van der Waals surface area contributed by atoms with E-state index in [-0.39, 0.29) is 5.91 Å². The second kappa shape index (κ2) is 8.76. The number of carbonyl (C=O) groups is 1. The first-order valence-electron chi connectivity index (χ1n) is 9.33. The maximum absolute atomic E-state index is 12.4. The molecule has 0 atom stereocenters. The van der Waals surface area contributed by atoms with Gasteiger partial charge in [-0.05, 0) is 43.4 Å². The zero-order valence-electron chi connectivity index (χ0n) is 15.6. The third-order valence-electron chi connectivity index (χ3n) is 4.94. The van der Waals surface area contributed by atoms with Gasteiger partial charge in [0.05, 0.1) is 6.54 Å². The molecule has 1 fully saturated rings. The number of hydrogen-bond acceptors (Lipinski definition) is 5. The summed E-state index contributed by atoms with van der Waals surface area (Å²) < 4.78 is 0. The first kappa shape index (κ1) is 18.3. The Morgan fingerprint density at radius 1 is 1.00 bits per heavy atom. The van der Waals surface area contributed by atoms with Crippen LogP contribution >= 0.6 is 0 Å². The number of benzene rings is 1. The maximum atomic E-state index is 12.4. The zero-order chi connectivity index (χ0) is 18.4. The van der Waals surface area contributed by atoms with Crippen LogP contribution in [0, 0.1) is 0 Å². The quantitative estimate of drug-likeness (QED) is 0.796. The van der Waals surface area contributed by atoms with E-state index in [1.54, 1.807) is 12.4 Å². The lowest BCUT2D eigenvalue weighted by atomic mass is 10.1. The summed E-state index contributed by atoms with van der Waals surface area (Å²) in [4.78, 5) is 27.5. The van der Waals surface area contributed by atoms with Crippen LogP contribution in [0.15, 0.2) is 42.7 Å². The lowest BCUT2D eigenvalue weighted by molar-refractivity contribution is -0.132. The Morgan fingerprint density at radius 2 is 1.62 bits per heavy atom. The molecule has 0 bridgehead atoms. The van der Waals surface area contributed by atoms with E-state index in [9.17, 15) is 4.79 Å². The van der Waals surface area contributed by atoms with Crippen molar-refractivity contribution in [2.75, 3.05) is 50.7 Å². The Kier molecular flexibility index (Phi) is 6.17. The molecule has 6 heteroatoms. The van der Waals surface area contributed by atoms with Crippen LogP contribution < -0.4 is 4.90 Å². The molecule has 0 unspecified atom stereocenters. The minimum atomic E-state index is 0.241. The van der Waals surface area contributed by atoms with Gasteiger partial charge in [-0.1, -0.05) is 13.8 Å². The van der Waals surface area contributed by atoms with Crippen molar-refractivity contribution in [2.45, 2.75) is 13.8 Å². The molecule has 138 valence electrons. The molecule has 1 saturated heterocycles. The van der Waals surface area contributed by atoms with E-state index in [0.717, 1.165) is 50.7 Å². The van der Waals surface area contributed by atoms with Crippen LogP contribution in [0.3, 0.4) is 0 Å². The van der Waals surface area contributed by atoms with Crippen molar-refractivity contribution in [3.8, 4) is 11.4 Å². The summed E-state index contributed by atoms with van der Waals surface area (Å²) in [6.07, 6.45) is 3.51. The Morgan fingerprint density at radius 3 is 2.19 bits per heavy atom. The summed E-state index contributed by atoms with van der Waals surface area (Å²) in [5, 5.41) is 0. The maximum Gasteiger partial charge on any atom is 0.236 e. The molecule has 26 heavy (non-hydrogen) atoms. The van der Waals surface area contributed by atoms with E-state index < -0.39 is 0 Å². The Labute approximate surface area is 155 Å². The summed E-state index contributed by atoms with van der Waals surface area (Å²) in [6, 6.07) is 10.2. The third kappa shape index (κ3) is 4.38. The van der Waals surface area contributed by atoms with Crippen molar-refractivity contribution in [3.63, 3.8) is 0 Å². The van der Waals surface area contributed by atoms with Gasteiger partial charge in [0.25, 0.3) is 0 Å². The van der Waals surface area contributed by atoms with Gasteiger partial charge < -0.3 is 9.80 Å². The van der Waals surface area contributed by atoms with Gasteiger partial charge in [-0.3, -0.25) is 9.69 Å². The summed E-state index contributed by atoms with van der Waals surface area (Å²) >= 11 is 0. The fraction of sp³-hybridized carbons (Fsp3) is 0.450. The number of nitrogens with zero attached hydrogens (tertiary/aromatic N) is 5. The van der Waals surface area contributed by atoms with Crippen molar-refractivity contribution in [1.82, 2.24) is 19.8 Å². The second-order valence-electron chi connectivity index (χ2n) is 6.45. The summed E-state index contributed by atoms with van der Waals surface area (Å²) in [6.45, 7) is 9.85. The standard InChI is InChI=1S/C20H27N5O/c1-3-23(4-2)16-19(26)25-14-12-24(13-15-25)18-8-6-17(7-9-18)20-21-10-5-11-22-20/h5-11H,3-4,12-16H2,1-2H3. The number of anilines is 1. The van der Waals surface area contributed by atoms with E-state index in [2.05, 4.69) is 57.9 Å². The minimum Gasteiger partial charge on any atom is -0.368 e. The molecule has 0 aliphatic carbocycles. The first-order chi connectivity index (χ1) is 12.7. The second-order valence-corrected chi connectivity index (χ2v) is 6.45. The molecule has 1 aliphatic heterocycles. The molecule has 0 N–H and O–H groups in total. The van der Waals surface area contributed by atoms with Crippen molar-refractivity contribution < 1.29 is 4.79 Å². The molecule has 1 amide bonds. The highest BCUT2D eigenvalue weighted by Gasteiger charge is 2.22. The van der Waals surface area contributed by atoms with E-state index in [4.69, 9.17) is 0 Å². The fourth-order valence-electron chi connectivity index (χ4n) is 3.22. The summed E-state index contributed by atoms with van der Waals surface area (Å²) in [5.74, 6) is 0.982. The number of amides is 1. The normalized spacial score (nSPS) is 14.7. The molecule has 0 saturated carbocycles. The molecular formula is C20H27N5O. The van der Waals surface area contributed by atoms with Crippen LogP contribution in [-0.2, 0) is 4.79 Å². The smallest absolute Gasteiger partial charge is 0.236 e. The van der Waals surface area contributed by atoms with Gasteiger partial charge in [-0.2, -0.15) is 0 Å². The molecule has 0 spiro atoms. The fourth-order valence-corrected chi connectivity index (χ4v) is 3.22. The monoisotopic (exact) mass is 353 g/mol. The van der Waals surface area contributed by atoms with Crippen LogP contribution in [-0.4, -0.2) is 71.5 Å². The van der Waals surface area contributed by atoms with Gasteiger partial charge in [0.15, 0.2) is 5.82 Å². The van der Waals surface area contributed by atoms with Gasteiger partial charge in [-0.15, -0.1) is 0 Å². The third-order valence-corrected chi connectivity index (χ3v) is 4.94. The first-order valence-corrected chi connectivity index (χ1v) is 9.33. The van der Waals surface area contributed by atoms with Crippen LogP contribution in [0.4, 0.5) is 5.69 Å². The molecule has 1 aromatic carbocycles. The molecule has 1 aromatic heterocycles. The molecule has 3 rings (SSSR count). The lowest BCUT2D eigenvalue weighted by Crippen LogP contribution is -2.51. The average molecular weight is 353 g/mol. The molecule has 6 nitrogen and oxygen atoms in total. The van der Waals surface area contributed by atoms with Gasteiger partial charge in [0.1, 0.15) is 0 Å². The van der Waals surface area contributed by atoms with E-state index in [0.29, 0.717) is 6.54 Å². The average Bonchev–Trinajstić information content (AvgIpc) is 2.72. The lowest BCUT2D eigenvalue weighted by Gasteiger charge is -2.37. The topological polar surface area (TPSA) is 52.6 Å². The number of piperazine rings is 1. The Balaban J connectivity index is 1.56. The highest BCUT2D eigenvalue weighted by molar-refractivity contribution is 5.78. The van der Waals surface area contributed by atoms with Gasteiger partial charge in [-0.25, -0.2) is 9.97 Å².